The average molecular weight is 640 g/mol. The highest BCUT2D eigenvalue weighted by molar-refractivity contribution is 6.12. The molecule has 3 saturated carbocycles. The summed E-state index contributed by atoms with van der Waals surface area (Å²) in [6.45, 7) is 3.00. The van der Waals surface area contributed by atoms with Crippen molar-refractivity contribution in [3.8, 4) is 29.5 Å². The zero-order valence-electron chi connectivity index (χ0n) is 26.3. The highest BCUT2D eigenvalue weighted by atomic mass is 19.1. The lowest BCUT2D eigenvalue weighted by molar-refractivity contribution is -0.0559. The fourth-order valence-electron chi connectivity index (χ4n) is 8.46. The van der Waals surface area contributed by atoms with Gasteiger partial charge in [0.15, 0.2) is 11.6 Å². The van der Waals surface area contributed by atoms with Gasteiger partial charge in [-0.05, 0) is 93.5 Å². The van der Waals surface area contributed by atoms with Crippen LogP contribution in [0.1, 0.15) is 74.2 Å². The molecule has 4 bridgehead atoms. The lowest BCUT2D eigenvalue weighted by Gasteiger charge is -2.49. The minimum absolute atomic E-state index is 0.0160. The third kappa shape index (κ3) is 4.98. The molecule has 10 heteroatoms. The summed E-state index contributed by atoms with van der Waals surface area (Å²) >= 11 is 0. The Hall–Kier alpha value is -4.36. The molecular weight excluding hydrogens is 603 g/mol. The second-order valence-corrected chi connectivity index (χ2v) is 14.1. The summed E-state index contributed by atoms with van der Waals surface area (Å²) in [5.74, 6) is 1.11. The van der Waals surface area contributed by atoms with Gasteiger partial charge in [0.25, 0.3) is 0 Å². The summed E-state index contributed by atoms with van der Waals surface area (Å²) in [4.78, 5) is 24.9. The number of halogens is 3. The molecule has 5 fully saturated rings. The molecule has 7 nitrogen and oxygen atoms in total. The van der Waals surface area contributed by atoms with Crippen molar-refractivity contribution in [2.75, 3.05) is 30.3 Å². The van der Waals surface area contributed by atoms with Crippen molar-refractivity contribution in [2.24, 2.45) is 5.41 Å². The molecule has 2 aliphatic heterocycles. The van der Waals surface area contributed by atoms with Crippen molar-refractivity contribution in [3.05, 3.63) is 53.1 Å². The topological polar surface area (TPSA) is 93.4 Å². The number of Topliss-reactive ketones (excluding diaryl/α,β-unsaturated/α-hetero) is 1. The van der Waals surface area contributed by atoms with E-state index in [-0.39, 0.29) is 62.4 Å². The van der Waals surface area contributed by atoms with E-state index in [2.05, 4.69) is 21.1 Å². The number of aromatic nitrogens is 2. The minimum atomic E-state index is -1.07. The molecule has 0 amide bonds. The van der Waals surface area contributed by atoms with Crippen molar-refractivity contribution < 1.29 is 22.7 Å². The first-order chi connectivity index (χ1) is 22.6. The predicted molar refractivity (Wildman–Crippen MR) is 176 cm³/mol. The number of rotatable bonds is 6. The molecule has 0 spiro atoms. The van der Waals surface area contributed by atoms with E-state index in [4.69, 9.17) is 21.9 Å². The van der Waals surface area contributed by atoms with E-state index >= 15 is 8.78 Å². The highest BCUT2D eigenvalue weighted by Crippen LogP contribution is 2.54. The van der Waals surface area contributed by atoms with Gasteiger partial charge in [-0.3, -0.25) is 4.79 Å². The number of carbonyl (C=O) groups is 1. The van der Waals surface area contributed by atoms with Crippen LogP contribution >= 0.6 is 0 Å². The van der Waals surface area contributed by atoms with Gasteiger partial charge in [0.2, 0.25) is 0 Å². The average Bonchev–Trinajstić information content (AvgIpc) is 3.40. The Morgan fingerprint density at radius 2 is 1.79 bits per heavy atom. The molecule has 4 aromatic rings. The minimum Gasteiger partial charge on any atom is -0.463 e. The largest absolute Gasteiger partial charge is 0.463 e. The van der Waals surface area contributed by atoms with Crippen LogP contribution in [0, 0.1) is 29.4 Å². The van der Waals surface area contributed by atoms with Gasteiger partial charge in [0.1, 0.15) is 22.8 Å². The van der Waals surface area contributed by atoms with E-state index in [0.717, 1.165) is 32.1 Å². The molecule has 2 saturated heterocycles. The fraction of sp³-hybridized carbons (Fsp3) is 0.432. The van der Waals surface area contributed by atoms with Gasteiger partial charge < -0.3 is 20.7 Å². The number of fused-ring (bicyclic) bond motifs is 7. The summed E-state index contributed by atoms with van der Waals surface area (Å²) < 4.78 is 53.5. The quantitative estimate of drug-likeness (QED) is 0.135. The number of nitrogen functional groups attached to an aromatic ring is 1. The Morgan fingerprint density at radius 3 is 2.45 bits per heavy atom. The number of hydrogen-bond acceptors (Lipinski definition) is 7. The van der Waals surface area contributed by atoms with Gasteiger partial charge in [0.05, 0.1) is 12.2 Å². The summed E-state index contributed by atoms with van der Waals surface area (Å²) in [7, 11) is 0. The van der Waals surface area contributed by atoms with Crippen LogP contribution in [-0.2, 0) is 0 Å². The van der Waals surface area contributed by atoms with Crippen LogP contribution in [-0.4, -0.2) is 53.2 Å². The Labute approximate surface area is 271 Å². The number of terminal acetylenes is 1. The smallest absolute Gasteiger partial charge is 0.319 e. The number of piperazine rings is 1. The van der Waals surface area contributed by atoms with E-state index < -0.39 is 17.3 Å². The van der Waals surface area contributed by atoms with E-state index in [1.54, 1.807) is 12.1 Å². The van der Waals surface area contributed by atoms with E-state index in [1.807, 2.05) is 0 Å². The molecule has 1 aromatic heterocycles. The first-order valence-corrected chi connectivity index (χ1v) is 16.4. The molecule has 3 aromatic carbocycles. The second kappa shape index (κ2) is 10.8. The number of nitrogens with zero attached hydrogens (tertiary/aromatic N) is 3. The van der Waals surface area contributed by atoms with Gasteiger partial charge in [-0.2, -0.15) is 9.97 Å². The maximum Gasteiger partial charge on any atom is 0.319 e. The lowest BCUT2D eigenvalue weighted by atomic mass is 9.60. The molecule has 0 radical (unpaired) electrons. The molecule has 2 atom stereocenters. The van der Waals surface area contributed by atoms with E-state index in [9.17, 15) is 9.18 Å². The third-order valence-corrected chi connectivity index (χ3v) is 11.1. The first kappa shape index (κ1) is 30.0. The summed E-state index contributed by atoms with van der Waals surface area (Å²) in [6.07, 6.45) is 11.5. The zero-order valence-corrected chi connectivity index (χ0v) is 26.3. The van der Waals surface area contributed by atoms with Crippen molar-refractivity contribution in [1.82, 2.24) is 15.3 Å². The van der Waals surface area contributed by atoms with Crippen LogP contribution in [0.5, 0.6) is 6.01 Å². The van der Waals surface area contributed by atoms with Crippen LogP contribution < -0.4 is 20.7 Å². The lowest BCUT2D eigenvalue weighted by Crippen LogP contribution is -2.51. The Morgan fingerprint density at radius 1 is 1.09 bits per heavy atom. The number of carbonyl (C=O) groups excluding carboxylic acids is 1. The number of alkyl halides is 1. The summed E-state index contributed by atoms with van der Waals surface area (Å²) in [6, 6.07) is 8.13. The number of ether oxygens (including phenoxy) is 1. The molecule has 3 N–H and O–H groups in total. The molecule has 3 heterocycles. The van der Waals surface area contributed by atoms with Gasteiger partial charge in [-0.1, -0.05) is 12.0 Å². The molecule has 47 heavy (non-hydrogen) atoms. The SMILES string of the molecule is C#Cc1c(F)ccc2cc(N)cc(-c3c(C(C)=O)cc4c(N5C[C@H]6CC[C@@H](C5)N6)nc(OCC56CCC(F)(CC5)CC6)nc4c3F)c12. The van der Waals surface area contributed by atoms with Gasteiger partial charge >= 0.3 is 6.01 Å². The summed E-state index contributed by atoms with van der Waals surface area (Å²) in [5, 5.41) is 4.80. The van der Waals surface area contributed by atoms with Crippen LogP contribution in [0.4, 0.5) is 24.7 Å². The van der Waals surface area contributed by atoms with Crippen molar-refractivity contribution in [1.29, 1.82) is 0 Å². The number of nitrogens with two attached hydrogens (primary N) is 1. The zero-order chi connectivity index (χ0) is 32.7. The number of anilines is 2. The molecule has 3 aliphatic carbocycles. The molecule has 5 aliphatic rings. The number of nitrogens with one attached hydrogen (secondary N) is 1. The number of ketones is 1. The fourth-order valence-corrected chi connectivity index (χ4v) is 8.46. The summed E-state index contributed by atoms with van der Waals surface area (Å²) in [5.41, 5.74) is 5.50. The highest BCUT2D eigenvalue weighted by Gasteiger charge is 2.49. The van der Waals surface area contributed by atoms with E-state index in [1.165, 1.54) is 25.1 Å². The predicted octanol–water partition coefficient (Wildman–Crippen LogP) is 6.88. The second-order valence-electron chi connectivity index (χ2n) is 14.1. The van der Waals surface area contributed by atoms with Crippen LogP contribution in [0.2, 0.25) is 0 Å². The van der Waals surface area contributed by atoms with Crippen molar-refractivity contribution in [2.45, 2.75) is 76.0 Å². The van der Waals surface area contributed by atoms with Gasteiger partial charge in [-0.25, -0.2) is 13.2 Å². The first-order valence-electron chi connectivity index (χ1n) is 16.4. The number of benzene rings is 3. The molecule has 242 valence electrons. The van der Waals surface area contributed by atoms with Crippen molar-refractivity contribution >= 4 is 39.0 Å². The monoisotopic (exact) mass is 639 g/mol. The van der Waals surface area contributed by atoms with E-state index in [0.29, 0.717) is 61.2 Å². The van der Waals surface area contributed by atoms with Crippen molar-refractivity contribution in [3.63, 3.8) is 0 Å². The van der Waals surface area contributed by atoms with Crippen LogP contribution in [0.15, 0.2) is 30.3 Å². The van der Waals surface area contributed by atoms with Gasteiger partial charge in [-0.15, -0.1) is 6.42 Å². The molecule has 9 rings (SSSR count). The van der Waals surface area contributed by atoms with Crippen LogP contribution in [0.3, 0.4) is 0 Å². The normalized spacial score (nSPS) is 26.6. The maximum absolute atomic E-state index is 17.3. The Balaban J connectivity index is 1.33. The Bertz CT molecular complexity index is 1990. The molecular formula is C37H36F3N5O2. The molecule has 0 unspecified atom stereocenters. The number of hydrogen-bond donors (Lipinski definition) is 2. The Kier molecular flexibility index (Phi) is 6.92. The van der Waals surface area contributed by atoms with Gasteiger partial charge in [0, 0.05) is 58.2 Å². The third-order valence-electron chi connectivity index (χ3n) is 11.1. The van der Waals surface area contributed by atoms with Crippen LogP contribution in [0.25, 0.3) is 32.8 Å². The standard InChI is InChI=1S/C37H36F3N5O2/c1-3-25-29(38)7-4-21-14-22(41)15-27(30(21)25)31-26(20(2)46)16-28-33(32(31)39)43-35(44-34(28)45-17-23-5-6-24(18-45)42-23)47-19-36-8-11-37(40,12-9-36)13-10-36/h1,4,7,14-16,23-24,42H,5-6,8-13,17-19,41H2,2H3/t23-,24+,36?,37?. The maximum atomic E-state index is 17.3.